The van der Waals surface area contributed by atoms with Gasteiger partial charge in [0.1, 0.15) is 23.9 Å². The van der Waals surface area contributed by atoms with Gasteiger partial charge in [0.15, 0.2) is 0 Å². The third-order valence-corrected chi connectivity index (χ3v) is 3.34. The Morgan fingerprint density at radius 3 is 2.43 bits per heavy atom. The summed E-state index contributed by atoms with van der Waals surface area (Å²) in [7, 11) is 1.66. The summed E-state index contributed by atoms with van der Waals surface area (Å²) in [6, 6.07) is 10.2. The van der Waals surface area contributed by atoms with Crippen LogP contribution in [0.5, 0.6) is 5.75 Å². The van der Waals surface area contributed by atoms with Gasteiger partial charge in [0.25, 0.3) is 0 Å². The predicted molar refractivity (Wildman–Crippen MR) is 84.0 cm³/mol. The summed E-state index contributed by atoms with van der Waals surface area (Å²) in [5.41, 5.74) is 2.24. The van der Waals surface area contributed by atoms with Gasteiger partial charge in [0.05, 0.1) is 12.6 Å². The van der Waals surface area contributed by atoms with Crippen molar-refractivity contribution in [2.45, 2.75) is 26.8 Å². The minimum atomic E-state index is 0.197. The van der Waals surface area contributed by atoms with Crippen molar-refractivity contribution in [3.8, 4) is 5.75 Å². The lowest BCUT2D eigenvalue weighted by Gasteiger charge is -2.15. The second kappa shape index (κ2) is 7.18. The van der Waals surface area contributed by atoms with Crippen molar-refractivity contribution in [1.82, 2.24) is 0 Å². The van der Waals surface area contributed by atoms with Crippen molar-refractivity contribution in [3.63, 3.8) is 0 Å². The maximum absolute atomic E-state index is 5.58. The molecule has 2 rings (SSSR count). The molecule has 1 N–H and O–H groups in total. The van der Waals surface area contributed by atoms with E-state index in [1.807, 2.05) is 38.1 Å². The molecule has 0 aliphatic heterocycles. The molecule has 0 bridgehead atoms. The molecule has 114 valence electrons. The van der Waals surface area contributed by atoms with E-state index in [1.54, 1.807) is 7.11 Å². The third-order valence-electron chi connectivity index (χ3n) is 3.34. The van der Waals surface area contributed by atoms with E-state index in [1.165, 1.54) is 5.56 Å². The van der Waals surface area contributed by atoms with E-state index < -0.39 is 0 Å². The molecular formula is C17H23NO3. The van der Waals surface area contributed by atoms with Gasteiger partial charge in [-0.25, -0.2) is 0 Å². The minimum absolute atomic E-state index is 0.197. The molecule has 1 aromatic carbocycles. The normalized spacial score (nSPS) is 12.2. The van der Waals surface area contributed by atoms with Gasteiger partial charge in [0.2, 0.25) is 0 Å². The van der Waals surface area contributed by atoms with Gasteiger partial charge in [-0.15, -0.1) is 0 Å². The number of hydrogen-bond acceptors (Lipinski definition) is 4. The van der Waals surface area contributed by atoms with Crippen LogP contribution in [-0.4, -0.2) is 20.3 Å². The molecule has 0 amide bonds. The molecular weight excluding hydrogens is 266 g/mol. The van der Waals surface area contributed by atoms with Crippen molar-refractivity contribution in [2.24, 2.45) is 0 Å². The largest absolute Gasteiger partial charge is 0.491 e. The van der Waals surface area contributed by atoms with Crippen LogP contribution >= 0.6 is 0 Å². The number of methoxy groups -OCH3 is 1. The number of anilines is 1. The van der Waals surface area contributed by atoms with E-state index in [0.717, 1.165) is 23.0 Å². The van der Waals surface area contributed by atoms with Crippen LogP contribution in [-0.2, 0) is 4.74 Å². The molecule has 1 aromatic heterocycles. The van der Waals surface area contributed by atoms with Crippen LogP contribution in [0.2, 0.25) is 0 Å². The highest BCUT2D eigenvalue weighted by molar-refractivity contribution is 5.48. The highest BCUT2D eigenvalue weighted by Crippen LogP contribution is 2.25. The van der Waals surface area contributed by atoms with Crippen LogP contribution in [0.25, 0.3) is 0 Å². The first-order valence-corrected chi connectivity index (χ1v) is 7.15. The van der Waals surface area contributed by atoms with Gasteiger partial charge in [0, 0.05) is 18.4 Å². The Morgan fingerprint density at radius 2 is 1.86 bits per heavy atom. The van der Waals surface area contributed by atoms with Crippen LogP contribution in [0.15, 0.2) is 34.7 Å². The lowest BCUT2D eigenvalue weighted by atomic mass is 10.1. The molecule has 21 heavy (non-hydrogen) atoms. The molecule has 2 aromatic rings. The average molecular weight is 289 g/mol. The molecule has 0 saturated heterocycles. The summed E-state index contributed by atoms with van der Waals surface area (Å²) in [6.45, 7) is 7.24. The predicted octanol–water partition coefficient (Wildman–Crippen LogP) is 4.09. The highest BCUT2D eigenvalue weighted by atomic mass is 16.5. The lowest BCUT2D eigenvalue weighted by molar-refractivity contribution is 0.146. The molecule has 1 unspecified atom stereocenters. The zero-order valence-corrected chi connectivity index (χ0v) is 13.1. The third kappa shape index (κ3) is 4.26. The van der Waals surface area contributed by atoms with E-state index in [-0.39, 0.29) is 6.04 Å². The summed E-state index contributed by atoms with van der Waals surface area (Å²) in [4.78, 5) is 0. The molecule has 1 heterocycles. The van der Waals surface area contributed by atoms with Gasteiger partial charge in [-0.2, -0.15) is 0 Å². The lowest BCUT2D eigenvalue weighted by Crippen LogP contribution is -2.07. The quantitative estimate of drug-likeness (QED) is 0.779. The van der Waals surface area contributed by atoms with Crippen molar-refractivity contribution in [2.75, 3.05) is 25.6 Å². The van der Waals surface area contributed by atoms with Crippen molar-refractivity contribution in [1.29, 1.82) is 0 Å². The Kier molecular flexibility index (Phi) is 5.28. The summed E-state index contributed by atoms with van der Waals surface area (Å²) >= 11 is 0. The Morgan fingerprint density at radius 1 is 1.14 bits per heavy atom. The first-order valence-electron chi connectivity index (χ1n) is 7.15. The molecule has 4 heteroatoms. The molecule has 0 radical (unpaired) electrons. The zero-order chi connectivity index (χ0) is 15.2. The number of furan rings is 1. The van der Waals surface area contributed by atoms with E-state index in [4.69, 9.17) is 13.9 Å². The Labute approximate surface area is 126 Å². The number of ether oxygens (including phenoxy) is 2. The van der Waals surface area contributed by atoms with Gasteiger partial charge < -0.3 is 19.2 Å². The fourth-order valence-corrected chi connectivity index (χ4v) is 2.30. The summed E-state index contributed by atoms with van der Waals surface area (Å²) in [5, 5.41) is 3.47. The van der Waals surface area contributed by atoms with E-state index in [2.05, 4.69) is 18.3 Å². The van der Waals surface area contributed by atoms with Gasteiger partial charge in [-0.1, -0.05) is 0 Å². The van der Waals surface area contributed by atoms with Gasteiger partial charge in [-0.3, -0.25) is 0 Å². The van der Waals surface area contributed by atoms with Crippen molar-refractivity contribution >= 4 is 5.69 Å². The maximum atomic E-state index is 5.58. The summed E-state index contributed by atoms with van der Waals surface area (Å²) in [5.74, 6) is 2.76. The molecule has 0 fully saturated rings. The summed E-state index contributed by atoms with van der Waals surface area (Å²) < 4.78 is 16.1. The second-order valence-electron chi connectivity index (χ2n) is 5.10. The fourth-order valence-electron chi connectivity index (χ4n) is 2.30. The average Bonchev–Trinajstić information content (AvgIpc) is 2.80. The van der Waals surface area contributed by atoms with Crippen molar-refractivity contribution < 1.29 is 13.9 Å². The van der Waals surface area contributed by atoms with E-state index >= 15 is 0 Å². The number of hydrogen-bond donors (Lipinski definition) is 1. The fraction of sp³-hybridized carbons (Fsp3) is 0.412. The number of nitrogens with one attached hydrogen (secondary N) is 1. The van der Waals surface area contributed by atoms with Crippen molar-refractivity contribution in [3.05, 3.63) is 47.4 Å². The second-order valence-corrected chi connectivity index (χ2v) is 5.10. The number of aryl methyl sites for hydroxylation is 2. The number of benzene rings is 1. The van der Waals surface area contributed by atoms with Crippen LogP contribution in [0, 0.1) is 13.8 Å². The highest BCUT2D eigenvalue weighted by Gasteiger charge is 2.12. The van der Waals surface area contributed by atoms with Crippen LogP contribution in [0.3, 0.4) is 0 Å². The topological polar surface area (TPSA) is 43.6 Å². The maximum Gasteiger partial charge on any atom is 0.119 e. The first-order chi connectivity index (χ1) is 10.1. The molecule has 0 aliphatic rings. The first kappa shape index (κ1) is 15.4. The van der Waals surface area contributed by atoms with Crippen LogP contribution in [0.1, 0.15) is 30.0 Å². The molecule has 0 spiro atoms. The monoisotopic (exact) mass is 289 g/mol. The molecule has 0 aliphatic carbocycles. The SMILES string of the molecule is COCCOc1ccc(NC(C)c2cc(C)oc2C)cc1. The van der Waals surface area contributed by atoms with Gasteiger partial charge in [-0.05, 0) is 51.1 Å². The summed E-state index contributed by atoms with van der Waals surface area (Å²) in [6.07, 6.45) is 0. The Bertz CT molecular complexity index is 560. The zero-order valence-electron chi connectivity index (χ0n) is 13.1. The minimum Gasteiger partial charge on any atom is -0.491 e. The van der Waals surface area contributed by atoms with Gasteiger partial charge >= 0.3 is 0 Å². The molecule has 1 atom stereocenters. The van der Waals surface area contributed by atoms with Crippen LogP contribution < -0.4 is 10.1 Å². The van der Waals surface area contributed by atoms with E-state index in [9.17, 15) is 0 Å². The Balaban J connectivity index is 1.95. The number of rotatable bonds is 7. The standard InChI is InChI=1S/C17H23NO3/c1-12-11-17(14(3)21-12)13(2)18-15-5-7-16(8-6-15)20-10-9-19-4/h5-8,11,13,18H,9-10H2,1-4H3. The smallest absolute Gasteiger partial charge is 0.119 e. The molecule has 4 nitrogen and oxygen atoms in total. The van der Waals surface area contributed by atoms with Crippen LogP contribution in [0.4, 0.5) is 5.69 Å². The Hall–Kier alpha value is -1.94. The van der Waals surface area contributed by atoms with E-state index in [0.29, 0.717) is 13.2 Å². The molecule has 0 saturated carbocycles.